The molecule has 5 heteroatoms. The van der Waals surface area contributed by atoms with Crippen LogP contribution in [-0.4, -0.2) is 25.0 Å². The van der Waals surface area contributed by atoms with Gasteiger partial charge in [0.15, 0.2) is 5.96 Å². The number of carbonyl (C=O) groups is 1. The Hall–Kier alpha value is -1.26. The molecule has 1 aliphatic rings. The minimum Gasteiger partial charge on any atom is -0.370 e. The third kappa shape index (κ3) is 5.38. The molecule has 18 heavy (non-hydrogen) atoms. The first-order valence-electron chi connectivity index (χ1n) is 6.82. The standard InChI is InChI=1S/C13H26N4O/c1-9(2)7-16-13(15)17-8-10-3-5-11(6-4-10)12(14)18/h9-11H,3-8H2,1-2H3,(H2,14,18)(H3,15,16,17). The Bertz CT molecular complexity index is 293. The van der Waals surface area contributed by atoms with Crippen molar-refractivity contribution in [2.24, 2.45) is 34.2 Å². The summed E-state index contributed by atoms with van der Waals surface area (Å²) in [5.74, 6) is 1.55. The SMILES string of the molecule is CC(C)CN=C(N)NCC1CCC(C(N)=O)CC1. The van der Waals surface area contributed by atoms with E-state index in [4.69, 9.17) is 11.5 Å². The lowest BCUT2D eigenvalue weighted by Crippen LogP contribution is -2.37. The number of carbonyl (C=O) groups excluding carboxylic acids is 1. The molecule has 0 aliphatic heterocycles. The van der Waals surface area contributed by atoms with Gasteiger partial charge in [-0.2, -0.15) is 0 Å². The van der Waals surface area contributed by atoms with E-state index in [0.717, 1.165) is 38.8 Å². The van der Waals surface area contributed by atoms with Gasteiger partial charge in [0.05, 0.1) is 0 Å². The van der Waals surface area contributed by atoms with E-state index in [1.165, 1.54) is 0 Å². The van der Waals surface area contributed by atoms with Gasteiger partial charge in [0.1, 0.15) is 0 Å². The van der Waals surface area contributed by atoms with Gasteiger partial charge in [0, 0.05) is 19.0 Å². The second kappa shape index (κ2) is 7.24. The summed E-state index contributed by atoms with van der Waals surface area (Å²) >= 11 is 0. The molecule has 0 aromatic heterocycles. The van der Waals surface area contributed by atoms with Crippen LogP contribution in [0.25, 0.3) is 0 Å². The fourth-order valence-electron chi connectivity index (χ4n) is 2.24. The second-order valence-electron chi connectivity index (χ2n) is 5.62. The molecule has 0 atom stereocenters. The molecule has 0 radical (unpaired) electrons. The maximum Gasteiger partial charge on any atom is 0.220 e. The highest BCUT2D eigenvalue weighted by atomic mass is 16.1. The van der Waals surface area contributed by atoms with Gasteiger partial charge >= 0.3 is 0 Å². The molecule has 1 fully saturated rings. The number of nitrogens with one attached hydrogen (secondary N) is 1. The number of nitrogens with two attached hydrogens (primary N) is 2. The normalized spacial score (nSPS) is 25.2. The number of amides is 1. The lowest BCUT2D eigenvalue weighted by atomic mass is 9.82. The number of aliphatic imine (C=N–C) groups is 1. The van der Waals surface area contributed by atoms with E-state index in [2.05, 4.69) is 24.2 Å². The lowest BCUT2D eigenvalue weighted by molar-refractivity contribution is -0.122. The van der Waals surface area contributed by atoms with Crippen molar-refractivity contribution in [1.29, 1.82) is 0 Å². The zero-order valence-corrected chi connectivity index (χ0v) is 11.5. The van der Waals surface area contributed by atoms with Crippen LogP contribution < -0.4 is 16.8 Å². The number of guanidine groups is 1. The van der Waals surface area contributed by atoms with E-state index in [-0.39, 0.29) is 11.8 Å². The Morgan fingerprint density at radius 2 is 1.89 bits per heavy atom. The molecule has 0 aromatic rings. The molecule has 0 saturated heterocycles. The van der Waals surface area contributed by atoms with Crippen molar-refractivity contribution in [3.05, 3.63) is 0 Å². The number of hydrogen-bond acceptors (Lipinski definition) is 2. The number of hydrogen-bond donors (Lipinski definition) is 3. The van der Waals surface area contributed by atoms with E-state index in [9.17, 15) is 4.79 Å². The van der Waals surface area contributed by atoms with Crippen molar-refractivity contribution in [3.63, 3.8) is 0 Å². The van der Waals surface area contributed by atoms with Crippen LogP contribution >= 0.6 is 0 Å². The second-order valence-corrected chi connectivity index (χ2v) is 5.62. The van der Waals surface area contributed by atoms with Crippen molar-refractivity contribution in [2.75, 3.05) is 13.1 Å². The summed E-state index contributed by atoms with van der Waals surface area (Å²) in [5, 5.41) is 3.16. The minimum absolute atomic E-state index is 0.0770. The average molecular weight is 254 g/mol. The first-order valence-corrected chi connectivity index (χ1v) is 6.82. The molecule has 1 rings (SSSR count). The van der Waals surface area contributed by atoms with Gasteiger partial charge in [0.2, 0.25) is 5.91 Å². The number of rotatable bonds is 5. The molecule has 0 spiro atoms. The first kappa shape index (κ1) is 14.8. The van der Waals surface area contributed by atoms with Gasteiger partial charge in [-0.15, -0.1) is 0 Å². The van der Waals surface area contributed by atoms with Crippen molar-refractivity contribution >= 4 is 11.9 Å². The van der Waals surface area contributed by atoms with Crippen LogP contribution in [0.3, 0.4) is 0 Å². The van der Waals surface area contributed by atoms with Gasteiger partial charge in [-0.25, -0.2) is 0 Å². The number of primary amides is 1. The van der Waals surface area contributed by atoms with E-state index < -0.39 is 0 Å². The molecule has 0 unspecified atom stereocenters. The Morgan fingerprint density at radius 1 is 1.28 bits per heavy atom. The summed E-state index contributed by atoms with van der Waals surface area (Å²) in [7, 11) is 0. The highest BCUT2D eigenvalue weighted by molar-refractivity contribution is 5.78. The Kier molecular flexibility index (Phi) is 5.95. The van der Waals surface area contributed by atoms with Gasteiger partial charge in [-0.3, -0.25) is 9.79 Å². The largest absolute Gasteiger partial charge is 0.370 e. The van der Waals surface area contributed by atoms with Gasteiger partial charge in [-0.05, 0) is 37.5 Å². The number of nitrogens with zero attached hydrogens (tertiary/aromatic N) is 1. The monoisotopic (exact) mass is 254 g/mol. The molecule has 0 aromatic carbocycles. The Morgan fingerprint density at radius 3 is 2.39 bits per heavy atom. The van der Waals surface area contributed by atoms with Crippen LogP contribution in [0.2, 0.25) is 0 Å². The van der Waals surface area contributed by atoms with Crippen molar-refractivity contribution in [1.82, 2.24) is 5.32 Å². The van der Waals surface area contributed by atoms with Crippen molar-refractivity contribution in [3.8, 4) is 0 Å². The zero-order chi connectivity index (χ0) is 13.5. The van der Waals surface area contributed by atoms with Crippen molar-refractivity contribution in [2.45, 2.75) is 39.5 Å². The van der Waals surface area contributed by atoms with E-state index in [1.807, 2.05) is 0 Å². The van der Waals surface area contributed by atoms with Crippen LogP contribution in [0.1, 0.15) is 39.5 Å². The van der Waals surface area contributed by atoms with Gasteiger partial charge < -0.3 is 16.8 Å². The Labute approximate surface area is 109 Å². The van der Waals surface area contributed by atoms with E-state index in [1.54, 1.807) is 0 Å². The molecule has 1 amide bonds. The molecular formula is C13H26N4O. The van der Waals surface area contributed by atoms with Crippen LogP contribution in [-0.2, 0) is 4.79 Å². The van der Waals surface area contributed by atoms with Crippen LogP contribution in [0.15, 0.2) is 4.99 Å². The Balaban J connectivity index is 2.21. The molecule has 0 heterocycles. The lowest BCUT2D eigenvalue weighted by Gasteiger charge is -2.26. The fraction of sp³-hybridized carbons (Fsp3) is 0.846. The third-order valence-electron chi connectivity index (χ3n) is 3.45. The predicted molar refractivity (Wildman–Crippen MR) is 74.0 cm³/mol. The molecule has 1 aliphatic carbocycles. The molecule has 1 saturated carbocycles. The predicted octanol–water partition coefficient (Wildman–Crippen LogP) is 0.838. The molecule has 5 N–H and O–H groups in total. The van der Waals surface area contributed by atoms with Gasteiger partial charge in [0.25, 0.3) is 0 Å². The van der Waals surface area contributed by atoms with Crippen LogP contribution in [0.5, 0.6) is 0 Å². The third-order valence-corrected chi connectivity index (χ3v) is 3.45. The van der Waals surface area contributed by atoms with Gasteiger partial charge in [-0.1, -0.05) is 13.8 Å². The highest BCUT2D eigenvalue weighted by Gasteiger charge is 2.24. The fourth-order valence-corrected chi connectivity index (χ4v) is 2.24. The first-order chi connectivity index (χ1) is 8.49. The summed E-state index contributed by atoms with van der Waals surface area (Å²) in [6.45, 7) is 5.83. The smallest absolute Gasteiger partial charge is 0.220 e. The quantitative estimate of drug-likeness (QED) is 0.501. The molecule has 0 bridgehead atoms. The minimum atomic E-state index is -0.153. The maximum atomic E-state index is 11.0. The summed E-state index contributed by atoms with van der Waals surface area (Å²) in [4.78, 5) is 15.3. The summed E-state index contributed by atoms with van der Waals surface area (Å²) in [6.07, 6.45) is 3.89. The average Bonchev–Trinajstić information content (AvgIpc) is 2.34. The van der Waals surface area contributed by atoms with Crippen LogP contribution in [0.4, 0.5) is 0 Å². The molecule has 5 nitrogen and oxygen atoms in total. The van der Waals surface area contributed by atoms with E-state index >= 15 is 0 Å². The summed E-state index contributed by atoms with van der Waals surface area (Å²) < 4.78 is 0. The topological polar surface area (TPSA) is 93.5 Å². The molecular weight excluding hydrogens is 228 g/mol. The maximum absolute atomic E-state index is 11.0. The summed E-state index contributed by atoms with van der Waals surface area (Å²) in [5.41, 5.74) is 11.1. The zero-order valence-electron chi connectivity index (χ0n) is 11.5. The highest BCUT2D eigenvalue weighted by Crippen LogP contribution is 2.27. The van der Waals surface area contributed by atoms with E-state index in [0.29, 0.717) is 17.8 Å². The van der Waals surface area contributed by atoms with Crippen molar-refractivity contribution < 1.29 is 4.79 Å². The molecule has 104 valence electrons. The van der Waals surface area contributed by atoms with Crippen LogP contribution in [0, 0.1) is 17.8 Å². The summed E-state index contributed by atoms with van der Waals surface area (Å²) in [6, 6.07) is 0.